The van der Waals surface area contributed by atoms with Gasteiger partial charge in [0.15, 0.2) is 0 Å². The Morgan fingerprint density at radius 2 is 1.52 bits per heavy atom. The molecule has 0 aromatic carbocycles. The van der Waals surface area contributed by atoms with Crippen molar-refractivity contribution in [1.82, 2.24) is 0 Å². The van der Waals surface area contributed by atoms with Gasteiger partial charge < -0.3 is 30.3 Å². The first-order valence-electron chi connectivity index (χ1n) is 7.56. The lowest BCUT2D eigenvalue weighted by molar-refractivity contribution is -0.351. The third-order valence-corrected chi connectivity index (χ3v) is 6.68. The minimum absolute atomic E-state index is 0.0155. The highest BCUT2D eigenvalue weighted by Gasteiger charge is 2.79. The highest BCUT2D eigenvalue weighted by atomic mass is 16.6. The molecule has 6 nitrogen and oxygen atoms in total. The Hall–Kier alpha value is -0.240. The standard InChI is InChI=1S/C15H26O6/c1-12(2)7-5-8(16)13(3)10(18)9(17)11(19)14(4,20)15(13,6-7)21-12/h7-11,16-20H,5-6H2,1-4H3/t7-,8+,9+,10+,11+,13-,14+,15-/m1/s1. The van der Waals surface area contributed by atoms with Crippen LogP contribution < -0.4 is 0 Å². The molecule has 1 spiro atoms. The zero-order chi connectivity index (χ0) is 16.0. The van der Waals surface area contributed by atoms with E-state index in [0.717, 1.165) is 0 Å². The first-order chi connectivity index (χ1) is 9.42. The van der Waals surface area contributed by atoms with Gasteiger partial charge in [-0.25, -0.2) is 0 Å². The van der Waals surface area contributed by atoms with Crippen LogP contribution in [0.15, 0.2) is 0 Å². The monoisotopic (exact) mass is 302 g/mol. The lowest BCUT2D eigenvalue weighted by Crippen LogP contribution is -2.81. The molecule has 3 fully saturated rings. The van der Waals surface area contributed by atoms with Gasteiger partial charge in [-0.1, -0.05) is 6.92 Å². The second-order valence-corrected chi connectivity index (χ2v) is 8.00. The molecule has 2 bridgehead atoms. The third-order valence-electron chi connectivity index (χ3n) is 6.68. The molecule has 0 amide bonds. The predicted molar refractivity (Wildman–Crippen MR) is 73.4 cm³/mol. The number of hydrogen-bond acceptors (Lipinski definition) is 6. The molecular formula is C15H26O6. The average molecular weight is 302 g/mol. The Balaban J connectivity index is 2.23. The maximum absolute atomic E-state index is 11.0. The van der Waals surface area contributed by atoms with Gasteiger partial charge in [-0.2, -0.15) is 0 Å². The molecule has 122 valence electrons. The van der Waals surface area contributed by atoms with Gasteiger partial charge in [-0.15, -0.1) is 0 Å². The minimum atomic E-state index is -1.77. The van der Waals surface area contributed by atoms with E-state index < -0.39 is 46.6 Å². The van der Waals surface area contributed by atoms with Crippen LogP contribution in [0.3, 0.4) is 0 Å². The largest absolute Gasteiger partial charge is 0.392 e. The van der Waals surface area contributed by atoms with E-state index in [1.54, 1.807) is 6.92 Å². The van der Waals surface area contributed by atoms with Gasteiger partial charge >= 0.3 is 0 Å². The van der Waals surface area contributed by atoms with Gasteiger partial charge in [0, 0.05) is 0 Å². The number of rotatable bonds is 0. The summed E-state index contributed by atoms with van der Waals surface area (Å²) >= 11 is 0. The molecule has 0 aromatic rings. The summed E-state index contributed by atoms with van der Waals surface area (Å²) in [6.07, 6.45) is -4.52. The quantitative estimate of drug-likeness (QED) is 0.399. The molecule has 1 heterocycles. The van der Waals surface area contributed by atoms with E-state index in [2.05, 4.69) is 0 Å². The van der Waals surface area contributed by atoms with Crippen LogP contribution in [-0.2, 0) is 4.74 Å². The van der Waals surface area contributed by atoms with Crippen molar-refractivity contribution in [2.24, 2.45) is 11.3 Å². The van der Waals surface area contributed by atoms with Crippen molar-refractivity contribution in [2.45, 2.75) is 81.8 Å². The van der Waals surface area contributed by atoms with Crippen LogP contribution in [0.2, 0.25) is 0 Å². The molecule has 1 aliphatic heterocycles. The van der Waals surface area contributed by atoms with E-state index in [-0.39, 0.29) is 5.92 Å². The fourth-order valence-corrected chi connectivity index (χ4v) is 5.04. The molecule has 2 aliphatic carbocycles. The Morgan fingerprint density at radius 1 is 0.952 bits per heavy atom. The van der Waals surface area contributed by atoms with Crippen molar-refractivity contribution in [2.75, 3.05) is 0 Å². The lowest BCUT2D eigenvalue weighted by Gasteiger charge is -2.64. The topological polar surface area (TPSA) is 110 Å². The smallest absolute Gasteiger partial charge is 0.120 e. The van der Waals surface area contributed by atoms with E-state index in [1.807, 2.05) is 13.8 Å². The maximum Gasteiger partial charge on any atom is 0.120 e. The second-order valence-electron chi connectivity index (χ2n) is 8.00. The number of hydrogen-bond donors (Lipinski definition) is 5. The molecule has 3 rings (SSSR count). The molecule has 0 radical (unpaired) electrons. The minimum Gasteiger partial charge on any atom is -0.392 e. The van der Waals surface area contributed by atoms with Gasteiger partial charge in [0.25, 0.3) is 0 Å². The van der Waals surface area contributed by atoms with Crippen LogP contribution in [-0.4, -0.2) is 66.8 Å². The molecule has 0 unspecified atom stereocenters. The third kappa shape index (κ3) is 1.49. The van der Waals surface area contributed by atoms with E-state index >= 15 is 0 Å². The zero-order valence-corrected chi connectivity index (χ0v) is 12.9. The normalized spacial score (nSPS) is 62.4. The Morgan fingerprint density at radius 3 is 2.10 bits per heavy atom. The Kier molecular flexibility index (Phi) is 2.97. The van der Waals surface area contributed by atoms with Crippen LogP contribution >= 0.6 is 0 Å². The summed E-state index contributed by atoms with van der Waals surface area (Å²) in [6, 6.07) is 0. The lowest BCUT2D eigenvalue weighted by atomic mass is 9.47. The summed E-state index contributed by atoms with van der Waals surface area (Å²) in [5.41, 5.74) is -4.90. The van der Waals surface area contributed by atoms with E-state index in [1.165, 1.54) is 6.92 Å². The van der Waals surface area contributed by atoms with Crippen LogP contribution in [0, 0.1) is 11.3 Å². The van der Waals surface area contributed by atoms with Gasteiger partial charge in [-0.05, 0) is 39.5 Å². The summed E-state index contributed by atoms with van der Waals surface area (Å²) in [4.78, 5) is 0. The van der Waals surface area contributed by atoms with Crippen molar-refractivity contribution in [3.8, 4) is 0 Å². The zero-order valence-electron chi connectivity index (χ0n) is 12.9. The number of aliphatic hydroxyl groups excluding tert-OH is 4. The van der Waals surface area contributed by atoms with E-state index in [9.17, 15) is 25.5 Å². The molecule has 6 heteroatoms. The highest BCUT2D eigenvalue weighted by Crippen LogP contribution is 2.66. The molecule has 5 N–H and O–H groups in total. The fraction of sp³-hybridized carbons (Fsp3) is 1.00. The fourth-order valence-electron chi connectivity index (χ4n) is 5.04. The molecule has 1 saturated heterocycles. The van der Waals surface area contributed by atoms with Crippen molar-refractivity contribution in [1.29, 1.82) is 0 Å². The summed E-state index contributed by atoms with van der Waals surface area (Å²) in [7, 11) is 0. The number of ether oxygens (including phenoxy) is 1. The summed E-state index contributed by atoms with van der Waals surface area (Å²) < 4.78 is 6.20. The maximum atomic E-state index is 11.0. The summed E-state index contributed by atoms with van der Waals surface area (Å²) in [6.45, 7) is 6.83. The van der Waals surface area contributed by atoms with Crippen molar-refractivity contribution >= 4 is 0 Å². The molecule has 0 aromatic heterocycles. The van der Waals surface area contributed by atoms with E-state index in [4.69, 9.17) is 4.74 Å². The van der Waals surface area contributed by atoms with Crippen molar-refractivity contribution in [3.63, 3.8) is 0 Å². The number of fused-ring (bicyclic) bond motifs is 1. The summed E-state index contributed by atoms with van der Waals surface area (Å²) in [5, 5.41) is 52.5. The van der Waals surface area contributed by atoms with Gasteiger partial charge in [-0.3, -0.25) is 0 Å². The van der Waals surface area contributed by atoms with Crippen LogP contribution in [0.1, 0.15) is 40.5 Å². The molecule has 3 aliphatic rings. The molecular weight excluding hydrogens is 276 g/mol. The summed E-state index contributed by atoms with van der Waals surface area (Å²) in [5.74, 6) is 0.0155. The molecule has 21 heavy (non-hydrogen) atoms. The van der Waals surface area contributed by atoms with Crippen LogP contribution in [0.4, 0.5) is 0 Å². The first kappa shape index (κ1) is 15.6. The Labute approximate surface area is 124 Å². The second kappa shape index (κ2) is 3.99. The van der Waals surface area contributed by atoms with Gasteiger partial charge in [0.2, 0.25) is 0 Å². The highest BCUT2D eigenvalue weighted by molar-refractivity contribution is 5.28. The Bertz CT molecular complexity index is 463. The van der Waals surface area contributed by atoms with E-state index in [0.29, 0.717) is 12.8 Å². The first-order valence-corrected chi connectivity index (χ1v) is 7.56. The van der Waals surface area contributed by atoms with Gasteiger partial charge in [0.05, 0.1) is 23.2 Å². The van der Waals surface area contributed by atoms with Crippen molar-refractivity contribution < 1.29 is 30.3 Å². The van der Waals surface area contributed by atoms with Crippen molar-refractivity contribution in [3.05, 3.63) is 0 Å². The van der Waals surface area contributed by atoms with Crippen LogP contribution in [0.5, 0.6) is 0 Å². The molecule has 8 atom stereocenters. The average Bonchev–Trinajstić information content (AvgIpc) is 2.63. The SMILES string of the molecule is CC1(C)O[C@]23C[C@H]1C[C@H](O)[C@]2(C)[C@@H](O)[C@H](O)[C@H](O)[C@]3(C)O. The molecule has 2 saturated carbocycles. The van der Waals surface area contributed by atoms with Crippen LogP contribution in [0.25, 0.3) is 0 Å². The van der Waals surface area contributed by atoms with Gasteiger partial charge in [0.1, 0.15) is 23.4 Å². The number of aliphatic hydroxyl groups is 5. The predicted octanol–water partition coefficient (Wildman–Crippen LogP) is -0.842.